The molecule has 0 saturated carbocycles. The van der Waals surface area contributed by atoms with Crippen LogP contribution in [0.5, 0.6) is 17.2 Å². The Bertz CT molecular complexity index is 694. The van der Waals surface area contributed by atoms with Gasteiger partial charge in [0.1, 0.15) is 5.75 Å². The Morgan fingerprint density at radius 2 is 1.16 bits per heavy atom. The minimum Gasteiger partial charge on any atom is -0.496 e. The van der Waals surface area contributed by atoms with Crippen molar-refractivity contribution in [1.82, 2.24) is 0 Å². The monoisotopic (exact) mass is 342 g/mol. The summed E-state index contributed by atoms with van der Waals surface area (Å²) in [6, 6.07) is 12.7. The molecule has 0 spiro atoms. The maximum atomic E-state index is 5.41. The predicted molar refractivity (Wildman–Crippen MR) is 103 cm³/mol. The first-order chi connectivity index (χ1) is 12.0. The molecule has 2 atom stereocenters. The van der Waals surface area contributed by atoms with E-state index >= 15 is 0 Å². The van der Waals surface area contributed by atoms with E-state index in [1.807, 2.05) is 6.07 Å². The molecule has 0 aliphatic heterocycles. The molecule has 0 aliphatic carbocycles. The van der Waals surface area contributed by atoms with Gasteiger partial charge in [-0.15, -0.1) is 0 Å². The summed E-state index contributed by atoms with van der Waals surface area (Å²) in [7, 11) is 5.06. The van der Waals surface area contributed by atoms with Gasteiger partial charge < -0.3 is 14.2 Å². The molecule has 0 amide bonds. The fourth-order valence-corrected chi connectivity index (χ4v) is 3.22. The number of aryl methyl sites for hydroxylation is 1. The van der Waals surface area contributed by atoms with E-state index in [-0.39, 0.29) is 0 Å². The van der Waals surface area contributed by atoms with Crippen LogP contribution in [0, 0.1) is 18.8 Å². The molecule has 25 heavy (non-hydrogen) atoms. The Balaban J connectivity index is 2.02. The third kappa shape index (κ3) is 4.91. The third-order valence-corrected chi connectivity index (χ3v) is 4.99. The lowest BCUT2D eigenvalue weighted by atomic mass is 9.85. The lowest BCUT2D eigenvalue weighted by Gasteiger charge is -2.21. The Morgan fingerprint density at radius 3 is 1.64 bits per heavy atom. The van der Waals surface area contributed by atoms with Gasteiger partial charge in [0.15, 0.2) is 11.5 Å². The van der Waals surface area contributed by atoms with Gasteiger partial charge in [0.25, 0.3) is 0 Å². The summed E-state index contributed by atoms with van der Waals surface area (Å²) in [4.78, 5) is 0. The minimum atomic E-state index is 0.570. The molecule has 3 heteroatoms. The molecule has 2 unspecified atom stereocenters. The van der Waals surface area contributed by atoms with Crippen molar-refractivity contribution in [1.29, 1.82) is 0 Å². The first kappa shape index (κ1) is 19.2. The molecule has 0 saturated heterocycles. The van der Waals surface area contributed by atoms with Gasteiger partial charge in [-0.3, -0.25) is 0 Å². The van der Waals surface area contributed by atoms with Gasteiger partial charge in [0.05, 0.1) is 21.3 Å². The molecule has 0 N–H and O–H groups in total. The first-order valence-electron chi connectivity index (χ1n) is 8.82. The van der Waals surface area contributed by atoms with E-state index in [2.05, 4.69) is 51.1 Å². The molecule has 136 valence electrons. The summed E-state index contributed by atoms with van der Waals surface area (Å²) < 4.78 is 16.1. The molecule has 2 rings (SSSR count). The molecule has 3 nitrogen and oxygen atoms in total. The van der Waals surface area contributed by atoms with E-state index < -0.39 is 0 Å². The van der Waals surface area contributed by atoms with Crippen molar-refractivity contribution in [2.75, 3.05) is 21.3 Å². The van der Waals surface area contributed by atoms with Crippen molar-refractivity contribution < 1.29 is 14.2 Å². The summed E-state index contributed by atoms with van der Waals surface area (Å²) in [6.07, 6.45) is 2.09. The highest BCUT2D eigenvalue weighted by Crippen LogP contribution is 2.30. The summed E-state index contributed by atoms with van der Waals surface area (Å²) >= 11 is 0. The van der Waals surface area contributed by atoms with Crippen molar-refractivity contribution in [2.24, 2.45) is 11.8 Å². The number of ether oxygens (including phenoxy) is 3. The topological polar surface area (TPSA) is 27.7 Å². The Labute approximate surface area is 151 Å². The SMILES string of the molecule is COc1ccc(CC(C)C(C)Cc2ccc(OC)c(OC)c2)cc1C. The van der Waals surface area contributed by atoms with Gasteiger partial charge in [-0.2, -0.15) is 0 Å². The first-order valence-corrected chi connectivity index (χ1v) is 8.82. The van der Waals surface area contributed by atoms with Crippen molar-refractivity contribution in [3.8, 4) is 17.2 Å². The molecule has 0 aliphatic rings. The van der Waals surface area contributed by atoms with Crippen molar-refractivity contribution in [3.63, 3.8) is 0 Å². The smallest absolute Gasteiger partial charge is 0.160 e. The molecule has 0 aromatic heterocycles. The fraction of sp³-hybridized carbons (Fsp3) is 0.455. The molecule has 0 bridgehead atoms. The lowest BCUT2D eigenvalue weighted by molar-refractivity contribution is 0.352. The standard InChI is InChI=1S/C22H30O3/c1-15(11-18-7-9-20(23-4)17(3)13-18)16(2)12-19-8-10-21(24-5)22(14-19)25-6/h7-10,13-16H,11-12H2,1-6H3. The number of benzene rings is 2. The quantitative estimate of drug-likeness (QED) is 0.670. The highest BCUT2D eigenvalue weighted by atomic mass is 16.5. The number of methoxy groups -OCH3 is 3. The number of hydrogen-bond acceptors (Lipinski definition) is 3. The van der Waals surface area contributed by atoms with Gasteiger partial charge in [-0.25, -0.2) is 0 Å². The van der Waals surface area contributed by atoms with Crippen LogP contribution in [0.1, 0.15) is 30.5 Å². The summed E-state index contributed by atoms with van der Waals surface area (Å²) in [6.45, 7) is 6.74. The Hall–Kier alpha value is -2.16. The average molecular weight is 342 g/mol. The maximum absolute atomic E-state index is 5.41. The summed E-state index contributed by atoms with van der Waals surface area (Å²) in [5.41, 5.74) is 3.84. The number of hydrogen-bond donors (Lipinski definition) is 0. The van der Waals surface area contributed by atoms with Crippen LogP contribution in [0.15, 0.2) is 36.4 Å². The van der Waals surface area contributed by atoms with Gasteiger partial charge in [-0.1, -0.05) is 32.0 Å². The highest BCUT2D eigenvalue weighted by molar-refractivity contribution is 5.43. The van der Waals surface area contributed by atoms with Crippen LogP contribution in [0.25, 0.3) is 0 Å². The predicted octanol–water partition coefficient (Wildman–Crippen LogP) is 5.08. The van der Waals surface area contributed by atoms with Crippen LogP contribution in [0.4, 0.5) is 0 Å². The van der Waals surface area contributed by atoms with E-state index in [0.717, 1.165) is 30.1 Å². The van der Waals surface area contributed by atoms with Crippen LogP contribution in [-0.4, -0.2) is 21.3 Å². The largest absolute Gasteiger partial charge is 0.496 e. The zero-order valence-electron chi connectivity index (χ0n) is 16.3. The fourth-order valence-electron chi connectivity index (χ4n) is 3.22. The lowest BCUT2D eigenvalue weighted by Crippen LogP contribution is -2.14. The zero-order valence-corrected chi connectivity index (χ0v) is 16.3. The molecular formula is C22H30O3. The van der Waals surface area contributed by atoms with Crippen molar-refractivity contribution in [2.45, 2.75) is 33.6 Å². The second-order valence-corrected chi connectivity index (χ2v) is 6.86. The Kier molecular flexibility index (Phi) is 6.74. The summed E-state index contributed by atoms with van der Waals surface area (Å²) in [5.74, 6) is 3.68. The van der Waals surface area contributed by atoms with E-state index in [9.17, 15) is 0 Å². The second kappa shape index (κ2) is 8.80. The van der Waals surface area contributed by atoms with Crippen molar-refractivity contribution >= 4 is 0 Å². The van der Waals surface area contributed by atoms with Gasteiger partial charge in [0.2, 0.25) is 0 Å². The van der Waals surface area contributed by atoms with Crippen LogP contribution >= 0.6 is 0 Å². The molecular weight excluding hydrogens is 312 g/mol. The molecule has 2 aromatic carbocycles. The zero-order chi connectivity index (χ0) is 18.4. The van der Waals surface area contributed by atoms with Crippen LogP contribution in [0.3, 0.4) is 0 Å². The van der Waals surface area contributed by atoms with Gasteiger partial charge >= 0.3 is 0 Å². The van der Waals surface area contributed by atoms with Crippen LogP contribution < -0.4 is 14.2 Å². The van der Waals surface area contributed by atoms with E-state index in [0.29, 0.717) is 11.8 Å². The average Bonchev–Trinajstić information content (AvgIpc) is 2.61. The second-order valence-electron chi connectivity index (χ2n) is 6.86. The van der Waals surface area contributed by atoms with Crippen molar-refractivity contribution in [3.05, 3.63) is 53.1 Å². The van der Waals surface area contributed by atoms with Gasteiger partial charge in [0, 0.05) is 0 Å². The van der Waals surface area contributed by atoms with E-state index in [1.54, 1.807) is 21.3 Å². The molecule has 0 fully saturated rings. The molecule has 2 aromatic rings. The maximum Gasteiger partial charge on any atom is 0.160 e. The van der Waals surface area contributed by atoms with Gasteiger partial charge in [-0.05, 0) is 66.5 Å². The van der Waals surface area contributed by atoms with E-state index in [4.69, 9.17) is 14.2 Å². The van der Waals surface area contributed by atoms with E-state index in [1.165, 1.54) is 16.7 Å². The highest BCUT2D eigenvalue weighted by Gasteiger charge is 2.15. The summed E-state index contributed by atoms with van der Waals surface area (Å²) in [5, 5.41) is 0. The third-order valence-electron chi connectivity index (χ3n) is 4.99. The van der Waals surface area contributed by atoms with Crippen LogP contribution in [0.2, 0.25) is 0 Å². The molecule has 0 heterocycles. The Morgan fingerprint density at radius 1 is 0.680 bits per heavy atom. The normalized spacial score (nSPS) is 13.2. The van der Waals surface area contributed by atoms with Crippen LogP contribution in [-0.2, 0) is 12.8 Å². The minimum absolute atomic E-state index is 0.570. The number of rotatable bonds is 8. The molecule has 0 radical (unpaired) electrons.